The van der Waals surface area contributed by atoms with Crippen molar-refractivity contribution in [2.24, 2.45) is 5.92 Å². The predicted octanol–water partition coefficient (Wildman–Crippen LogP) is 2.30. The van der Waals surface area contributed by atoms with Crippen LogP contribution in [0, 0.1) is 5.92 Å². The number of carboxylic acid groups (broad SMARTS) is 1. The van der Waals surface area contributed by atoms with Crippen LogP contribution in [0.25, 0.3) is 0 Å². The Morgan fingerprint density at radius 3 is 2.55 bits per heavy atom. The first-order valence-electron chi connectivity index (χ1n) is 6.38. The highest BCUT2D eigenvalue weighted by molar-refractivity contribution is 9.10. The molecule has 2 aliphatic rings. The van der Waals surface area contributed by atoms with Crippen molar-refractivity contribution in [2.75, 3.05) is 0 Å². The fraction of sp³-hybridized carbons (Fsp3) is 0.357. The number of hydrogen-bond acceptors (Lipinski definition) is 3. The molecule has 104 valence electrons. The summed E-state index contributed by atoms with van der Waals surface area (Å²) in [5, 5.41) is 9.00. The summed E-state index contributed by atoms with van der Waals surface area (Å²) >= 11 is 3.27. The Labute approximate surface area is 123 Å². The Morgan fingerprint density at radius 2 is 1.95 bits per heavy atom. The molecule has 3 rings (SSSR count). The molecule has 1 fully saturated rings. The first kappa shape index (κ1) is 13.3. The van der Waals surface area contributed by atoms with Crippen LogP contribution in [0.3, 0.4) is 0 Å². The van der Waals surface area contributed by atoms with E-state index in [-0.39, 0.29) is 24.2 Å². The van der Waals surface area contributed by atoms with Gasteiger partial charge in [0.05, 0.1) is 23.6 Å². The molecular weight excluding hydrogens is 326 g/mol. The number of carboxylic acids is 1. The van der Waals surface area contributed by atoms with Gasteiger partial charge in [-0.15, -0.1) is 0 Å². The van der Waals surface area contributed by atoms with E-state index in [1.54, 1.807) is 18.2 Å². The number of fused-ring (bicyclic) bond motifs is 1. The molecule has 2 amide bonds. The minimum atomic E-state index is -0.986. The molecule has 20 heavy (non-hydrogen) atoms. The molecule has 1 aliphatic carbocycles. The lowest BCUT2D eigenvalue weighted by atomic mass is 10.1. The second-order valence-electron chi connectivity index (χ2n) is 5.17. The molecule has 1 unspecified atom stereocenters. The van der Waals surface area contributed by atoms with Crippen LogP contribution in [0.4, 0.5) is 0 Å². The maximum atomic E-state index is 12.4. The largest absolute Gasteiger partial charge is 0.481 e. The zero-order valence-corrected chi connectivity index (χ0v) is 12.1. The predicted molar refractivity (Wildman–Crippen MR) is 73.4 cm³/mol. The lowest BCUT2D eigenvalue weighted by Gasteiger charge is -2.24. The number of hydrogen-bond donors (Lipinski definition) is 1. The Kier molecular flexibility index (Phi) is 3.12. The number of benzene rings is 1. The molecule has 1 atom stereocenters. The van der Waals surface area contributed by atoms with E-state index in [0.29, 0.717) is 11.1 Å². The lowest BCUT2D eigenvalue weighted by Crippen LogP contribution is -2.42. The van der Waals surface area contributed by atoms with Crippen molar-refractivity contribution in [2.45, 2.75) is 25.3 Å². The fourth-order valence-electron chi connectivity index (χ4n) is 2.66. The molecule has 1 heterocycles. The molecule has 1 aromatic rings. The van der Waals surface area contributed by atoms with Crippen molar-refractivity contribution in [3.63, 3.8) is 0 Å². The molecule has 0 aromatic heterocycles. The third-order valence-electron chi connectivity index (χ3n) is 3.76. The quantitative estimate of drug-likeness (QED) is 0.855. The van der Waals surface area contributed by atoms with Gasteiger partial charge in [0.15, 0.2) is 0 Å². The van der Waals surface area contributed by atoms with Crippen LogP contribution in [0.5, 0.6) is 0 Å². The van der Waals surface area contributed by atoms with Gasteiger partial charge in [-0.2, -0.15) is 0 Å². The Balaban J connectivity index is 1.97. The summed E-state index contributed by atoms with van der Waals surface area (Å²) in [6.45, 7) is 0. The van der Waals surface area contributed by atoms with Crippen molar-refractivity contribution in [1.29, 1.82) is 0 Å². The minimum Gasteiger partial charge on any atom is -0.481 e. The normalized spacial score (nSPS) is 19.1. The van der Waals surface area contributed by atoms with Crippen LogP contribution in [-0.2, 0) is 4.79 Å². The highest BCUT2D eigenvalue weighted by Crippen LogP contribution is 2.40. The molecule has 1 aliphatic heterocycles. The Morgan fingerprint density at radius 1 is 1.30 bits per heavy atom. The van der Waals surface area contributed by atoms with E-state index < -0.39 is 12.0 Å². The smallest absolute Gasteiger partial charge is 0.305 e. The Bertz CT molecular complexity index is 624. The molecule has 6 heteroatoms. The van der Waals surface area contributed by atoms with Crippen LogP contribution in [0.1, 0.15) is 40.0 Å². The van der Waals surface area contributed by atoms with Crippen molar-refractivity contribution < 1.29 is 19.5 Å². The van der Waals surface area contributed by atoms with Gasteiger partial charge in [0, 0.05) is 4.47 Å². The second-order valence-corrected chi connectivity index (χ2v) is 6.09. The first-order valence-corrected chi connectivity index (χ1v) is 7.17. The van der Waals surface area contributed by atoms with Crippen LogP contribution >= 0.6 is 15.9 Å². The number of rotatable bonds is 4. The highest BCUT2D eigenvalue weighted by Gasteiger charge is 2.46. The average molecular weight is 338 g/mol. The number of carbonyl (C=O) groups excluding carboxylic acids is 2. The third kappa shape index (κ3) is 2.14. The van der Waals surface area contributed by atoms with Gasteiger partial charge in [-0.3, -0.25) is 19.3 Å². The molecule has 0 radical (unpaired) electrons. The fourth-order valence-corrected chi connectivity index (χ4v) is 3.02. The molecule has 0 spiro atoms. The lowest BCUT2D eigenvalue weighted by molar-refractivity contribution is -0.138. The average Bonchev–Trinajstić information content (AvgIpc) is 3.17. The van der Waals surface area contributed by atoms with Crippen LogP contribution in [0.2, 0.25) is 0 Å². The zero-order valence-electron chi connectivity index (χ0n) is 10.5. The first-order chi connectivity index (χ1) is 9.49. The number of halogens is 1. The zero-order chi connectivity index (χ0) is 14.4. The van der Waals surface area contributed by atoms with Gasteiger partial charge in [0.2, 0.25) is 0 Å². The maximum Gasteiger partial charge on any atom is 0.305 e. The van der Waals surface area contributed by atoms with Crippen molar-refractivity contribution >= 4 is 33.7 Å². The summed E-state index contributed by atoms with van der Waals surface area (Å²) in [7, 11) is 0. The summed E-state index contributed by atoms with van der Waals surface area (Å²) in [6.07, 6.45) is 1.56. The summed E-state index contributed by atoms with van der Waals surface area (Å²) in [5.41, 5.74) is 0.703. The van der Waals surface area contributed by atoms with E-state index in [1.165, 1.54) is 0 Å². The van der Waals surface area contributed by atoms with Gasteiger partial charge in [0.1, 0.15) is 0 Å². The van der Waals surface area contributed by atoms with E-state index in [9.17, 15) is 14.4 Å². The van der Waals surface area contributed by atoms with Gasteiger partial charge >= 0.3 is 5.97 Å². The number of carbonyl (C=O) groups is 3. The van der Waals surface area contributed by atoms with Crippen LogP contribution < -0.4 is 0 Å². The van der Waals surface area contributed by atoms with E-state index >= 15 is 0 Å². The van der Waals surface area contributed by atoms with Crippen molar-refractivity contribution in [3.8, 4) is 0 Å². The second kappa shape index (κ2) is 4.70. The van der Waals surface area contributed by atoms with Crippen LogP contribution in [-0.4, -0.2) is 33.8 Å². The van der Waals surface area contributed by atoms with Crippen molar-refractivity contribution in [3.05, 3.63) is 33.8 Å². The molecule has 0 bridgehead atoms. The maximum absolute atomic E-state index is 12.4. The summed E-state index contributed by atoms with van der Waals surface area (Å²) in [5.74, 6) is -1.63. The number of aliphatic carboxylic acids is 1. The Hall–Kier alpha value is -1.69. The van der Waals surface area contributed by atoms with Crippen molar-refractivity contribution in [1.82, 2.24) is 4.90 Å². The number of imide groups is 1. The van der Waals surface area contributed by atoms with Gasteiger partial charge in [0.25, 0.3) is 11.8 Å². The molecule has 0 saturated heterocycles. The highest BCUT2D eigenvalue weighted by atomic mass is 79.9. The SMILES string of the molecule is O=C(O)CC(C1CC1)N1C(=O)c2ccc(Br)cc2C1=O. The molecular formula is C14H12BrNO4. The molecule has 5 nitrogen and oxygen atoms in total. The summed E-state index contributed by atoms with van der Waals surface area (Å²) in [6, 6.07) is 4.39. The van der Waals surface area contributed by atoms with E-state index in [1.807, 2.05) is 0 Å². The van der Waals surface area contributed by atoms with Gasteiger partial charge in [-0.1, -0.05) is 15.9 Å². The number of amides is 2. The van der Waals surface area contributed by atoms with Gasteiger partial charge < -0.3 is 5.11 Å². The topological polar surface area (TPSA) is 74.7 Å². The molecule has 1 aromatic carbocycles. The molecule has 1 N–H and O–H groups in total. The number of nitrogens with zero attached hydrogens (tertiary/aromatic N) is 1. The standard InChI is InChI=1S/C14H12BrNO4/c15-8-3-4-9-10(5-8)14(20)16(13(9)19)11(6-12(17)18)7-1-2-7/h3-5,7,11H,1-2,6H2,(H,17,18). The van der Waals surface area contributed by atoms with Crippen LogP contribution in [0.15, 0.2) is 22.7 Å². The monoisotopic (exact) mass is 337 g/mol. The summed E-state index contributed by atoms with van der Waals surface area (Å²) in [4.78, 5) is 36.9. The van der Waals surface area contributed by atoms with E-state index in [2.05, 4.69) is 15.9 Å². The summed E-state index contributed by atoms with van der Waals surface area (Å²) < 4.78 is 0.723. The van der Waals surface area contributed by atoms with Gasteiger partial charge in [-0.05, 0) is 37.0 Å². The minimum absolute atomic E-state index is 0.122. The third-order valence-corrected chi connectivity index (χ3v) is 4.25. The molecule has 1 saturated carbocycles. The van der Waals surface area contributed by atoms with E-state index in [4.69, 9.17) is 5.11 Å². The van der Waals surface area contributed by atoms with E-state index in [0.717, 1.165) is 22.2 Å². The van der Waals surface area contributed by atoms with Gasteiger partial charge in [-0.25, -0.2) is 0 Å².